The van der Waals surface area contributed by atoms with Crippen molar-refractivity contribution in [3.8, 4) is 5.75 Å². The van der Waals surface area contributed by atoms with Crippen molar-refractivity contribution in [3.05, 3.63) is 23.8 Å². The average Bonchev–Trinajstić information content (AvgIpc) is 2.46. The van der Waals surface area contributed by atoms with Crippen LogP contribution in [0.1, 0.15) is 32.3 Å². The van der Waals surface area contributed by atoms with Gasteiger partial charge in [-0.3, -0.25) is 14.9 Å². The predicted octanol–water partition coefficient (Wildman–Crippen LogP) is 2.17. The van der Waals surface area contributed by atoms with Crippen LogP contribution >= 0.6 is 0 Å². The van der Waals surface area contributed by atoms with E-state index in [1.165, 1.54) is 7.11 Å². The van der Waals surface area contributed by atoms with Gasteiger partial charge < -0.3 is 15.2 Å². The van der Waals surface area contributed by atoms with Gasteiger partial charge in [-0.2, -0.15) is 0 Å². The first-order chi connectivity index (χ1) is 10.4. The molecule has 2 unspecified atom stereocenters. The Morgan fingerprint density at radius 3 is 2.59 bits per heavy atom. The van der Waals surface area contributed by atoms with E-state index in [0.29, 0.717) is 17.9 Å². The molecule has 6 heteroatoms. The van der Waals surface area contributed by atoms with Gasteiger partial charge in [0.05, 0.1) is 18.8 Å². The number of rotatable bonds is 8. The van der Waals surface area contributed by atoms with Crippen LogP contribution in [0.4, 0.5) is 5.69 Å². The molecule has 0 aliphatic heterocycles. The van der Waals surface area contributed by atoms with Crippen LogP contribution in [0.25, 0.3) is 0 Å². The number of ether oxygens (including phenoxy) is 1. The lowest BCUT2D eigenvalue weighted by Gasteiger charge is -2.20. The van der Waals surface area contributed by atoms with Gasteiger partial charge in [-0.15, -0.1) is 0 Å². The zero-order valence-electron chi connectivity index (χ0n) is 13.5. The summed E-state index contributed by atoms with van der Waals surface area (Å²) >= 11 is 0. The molecule has 0 spiro atoms. The molecule has 0 heterocycles. The van der Waals surface area contributed by atoms with Gasteiger partial charge in [0.15, 0.2) is 0 Å². The van der Waals surface area contributed by atoms with Crippen LogP contribution in [0.2, 0.25) is 0 Å². The monoisotopic (exact) mass is 308 g/mol. The summed E-state index contributed by atoms with van der Waals surface area (Å²) < 4.78 is 5.21. The third-order valence-corrected chi connectivity index (χ3v) is 3.33. The van der Waals surface area contributed by atoms with Gasteiger partial charge >= 0.3 is 5.97 Å². The second kappa shape index (κ2) is 8.38. The Hall–Kier alpha value is -2.08. The van der Waals surface area contributed by atoms with Gasteiger partial charge in [-0.05, 0) is 38.0 Å². The highest BCUT2D eigenvalue weighted by molar-refractivity contribution is 5.96. The minimum Gasteiger partial charge on any atom is -0.495 e. The van der Waals surface area contributed by atoms with Crippen molar-refractivity contribution in [1.29, 1.82) is 0 Å². The minimum atomic E-state index is -0.949. The van der Waals surface area contributed by atoms with Gasteiger partial charge in [-0.25, -0.2) is 0 Å². The fourth-order valence-corrected chi connectivity index (χ4v) is 2.10. The number of aryl methyl sites for hydroxylation is 1. The molecule has 0 aliphatic rings. The lowest BCUT2D eigenvalue weighted by molar-refractivity contribution is -0.140. The first-order valence-electron chi connectivity index (χ1n) is 7.33. The molecule has 122 valence electrons. The molecule has 0 bridgehead atoms. The molecule has 1 aromatic carbocycles. The number of methoxy groups -OCH3 is 1. The fraction of sp³-hybridized carbons (Fsp3) is 0.500. The standard InChI is InChI=1S/C16H24N2O4/c1-5-6-12(16(20)21)17-11(3)15(19)18-13-9-10(2)7-8-14(13)22-4/h7-9,11-12,17H,5-6H2,1-4H3,(H,18,19)(H,20,21). The molecule has 0 aromatic heterocycles. The zero-order chi connectivity index (χ0) is 16.7. The number of amides is 1. The Bertz CT molecular complexity index is 531. The first kappa shape index (κ1) is 18.0. The highest BCUT2D eigenvalue weighted by Gasteiger charge is 2.22. The maximum absolute atomic E-state index is 12.2. The largest absolute Gasteiger partial charge is 0.495 e. The Kier molecular flexibility index (Phi) is 6.85. The van der Waals surface area contributed by atoms with Crippen LogP contribution in [0.15, 0.2) is 18.2 Å². The van der Waals surface area contributed by atoms with E-state index in [0.717, 1.165) is 12.0 Å². The van der Waals surface area contributed by atoms with E-state index >= 15 is 0 Å². The van der Waals surface area contributed by atoms with Gasteiger partial charge in [-0.1, -0.05) is 19.4 Å². The van der Waals surface area contributed by atoms with E-state index in [1.54, 1.807) is 13.0 Å². The molecule has 1 amide bonds. The normalized spacial score (nSPS) is 13.3. The average molecular weight is 308 g/mol. The van der Waals surface area contributed by atoms with Crippen LogP contribution in [0.5, 0.6) is 5.75 Å². The summed E-state index contributed by atoms with van der Waals surface area (Å²) in [5, 5.41) is 14.7. The second-order valence-corrected chi connectivity index (χ2v) is 5.26. The van der Waals surface area contributed by atoms with Crippen LogP contribution in [0.3, 0.4) is 0 Å². The molecule has 1 aromatic rings. The number of carbonyl (C=O) groups is 2. The lowest BCUT2D eigenvalue weighted by atomic mass is 10.1. The Labute approximate surface area is 130 Å². The predicted molar refractivity (Wildman–Crippen MR) is 85.3 cm³/mol. The summed E-state index contributed by atoms with van der Waals surface area (Å²) in [4.78, 5) is 23.4. The van der Waals surface area contributed by atoms with Crippen LogP contribution in [0, 0.1) is 6.92 Å². The van der Waals surface area contributed by atoms with Gasteiger partial charge in [0.1, 0.15) is 11.8 Å². The fourth-order valence-electron chi connectivity index (χ4n) is 2.10. The van der Waals surface area contributed by atoms with Crippen molar-refractivity contribution >= 4 is 17.6 Å². The second-order valence-electron chi connectivity index (χ2n) is 5.26. The molecule has 1 rings (SSSR count). The highest BCUT2D eigenvalue weighted by Crippen LogP contribution is 2.25. The smallest absolute Gasteiger partial charge is 0.320 e. The Morgan fingerprint density at radius 2 is 2.05 bits per heavy atom. The number of hydrogen-bond acceptors (Lipinski definition) is 4. The quantitative estimate of drug-likeness (QED) is 0.685. The number of anilines is 1. The number of carboxylic acids is 1. The van der Waals surface area contributed by atoms with Gasteiger partial charge in [0.2, 0.25) is 5.91 Å². The van der Waals surface area contributed by atoms with E-state index in [9.17, 15) is 9.59 Å². The van der Waals surface area contributed by atoms with Crippen molar-refractivity contribution in [1.82, 2.24) is 5.32 Å². The van der Waals surface area contributed by atoms with Crippen molar-refractivity contribution in [2.24, 2.45) is 0 Å². The molecule has 0 saturated heterocycles. The third kappa shape index (κ3) is 5.04. The molecular formula is C16H24N2O4. The van der Waals surface area contributed by atoms with E-state index in [4.69, 9.17) is 9.84 Å². The summed E-state index contributed by atoms with van der Waals surface area (Å²) in [5.41, 5.74) is 1.56. The van der Waals surface area contributed by atoms with Gasteiger partial charge in [0, 0.05) is 0 Å². The first-order valence-corrected chi connectivity index (χ1v) is 7.33. The molecule has 0 fully saturated rings. The summed E-state index contributed by atoms with van der Waals surface area (Å²) in [6.07, 6.45) is 1.20. The maximum Gasteiger partial charge on any atom is 0.320 e. The third-order valence-electron chi connectivity index (χ3n) is 3.33. The van der Waals surface area contributed by atoms with Crippen LogP contribution < -0.4 is 15.4 Å². The summed E-state index contributed by atoms with van der Waals surface area (Å²) in [7, 11) is 1.53. The SMILES string of the molecule is CCCC(NC(C)C(=O)Nc1cc(C)ccc1OC)C(=O)O. The number of aliphatic carboxylic acids is 1. The van der Waals surface area contributed by atoms with Crippen LogP contribution in [-0.2, 0) is 9.59 Å². The molecule has 0 radical (unpaired) electrons. The molecule has 2 atom stereocenters. The van der Waals surface area contributed by atoms with Crippen molar-refractivity contribution in [2.75, 3.05) is 12.4 Å². The highest BCUT2D eigenvalue weighted by atomic mass is 16.5. The van der Waals surface area contributed by atoms with Gasteiger partial charge in [0.25, 0.3) is 0 Å². The molecule has 0 saturated carbocycles. The molecule has 6 nitrogen and oxygen atoms in total. The molecule has 0 aliphatic carbocycles. The Morgan fingerprint density at radius 1 is 1.36 bits per heavy atom. The van der Waals surface area contributed by atoms with E-state index in [2.05, 4.69) is 10.6 Å². The van der Waals surface area contributed by atoms with E-state index < -0.39 is 18.1 Å². The van der Waals surface area contributed by atoms with Crippen molar-refractivity contribution < 1.29 is 19.4 Å². The topological polar surface area (TPSA) is 87.7 Å². The zero-order valence-corrected chi connectivity index (χ0v) is 13.5. The van der Waals surface area contributed by atoms with E-state index in [-0.39, 0.29) is 5.91 Å². The summed E-state index contributed by atoms with van der Waals surface area (Å²) in [6, 6.07) is 4.12. The van der Waals surface area contributed by atoms with Crippen molar-refractivity contribution in [3.63, 3.8) is 0 Å². The number of carbonyl (C=O) groups excluding carboxylic acids is 1. The summed E-state index contributed by atoms with van der Waals surface area (Å²) in [6.45, 7) is 5.46. The molecule has 3 N–H and O–H groups in total. The lowest BCUT2D eigenvalue weighted by Crippen LogP contribution is -2.47. The van der Waals surface area contributed by atoms with E-state index in [1.807, 2.05) is 26.0 Å². The maximum atomic E-state index is 12.2. The Balaban J connectivity index is 2.75. The molecular weight excluding hydrogens is 284 g/mol. The van der Waals surface area contributed by atoms with Crippen LogP contribution in [-0.4, -0.2) is 36.2 Å². The van der Waals surface area contributed by atoms with Crippen molar-refractivity contribution in [2.45, 2.75) is 45.7 Å². The number of benzene rings is 1. The minimum absolute atomic E-state index is 0.300. The number of hydrogen-bond donors (Lipinski definition) is 3. The molecule has 22 heavy (non-hydrogen) atoms. The summed E-state index contributed by atoms with van der Waals surface area (Å²) in [5.74, 6) is -0.685. The number of carboxylic acid groups (broad SMARTS) is 1. The number of nitrogens with one attached hydrogen (secondary N) is 2.